The number of nitrogens with zero attached hydrogens (tertiary/aromatic N) is 3. The average molecular weight is 437 g/mol. The first-order chi connectivity index (χ1) is 14.4. The third kappa shape index (κ3) is 5.11. The molecule has 30 heavy (non-hydrogen) atoms. The molecule has 1 aliphatic rings. The third-order valence-electron chi connectivity index (χ3n) is 4.23. The number of hydrogen-bond donors (Lipinski definition) is 4. The lowest BCUT2D eigenvalue weighted by Crippen LogP contribution is -2.33. The Bertz CT molecular complexity index is 994. The maximum atomic E-state index is 14.7. The lowest BCUT2D eigenvalue weighted by Gasteiger charge is -2.21. The summed E-state index contributed by atoms with van der Waals surface area (Å²) >= 11 is 0.912. The molecule has 1 saturated heterocycles. The Morgan fingerprint density at radius 2 is 2.33 bits per heavy atom. The normalized spacial score (nSPS) is 15.6. The van der Waals surface area contributed by atoms with E-state index in [1.54, 1.807) is 6.07 Å². The van der Waals surface area contributed by atoms with Crippen molar-refractivity contribution in [2.75, 3.05) is 41.3 Å². The number of aromatic nitrogens is 2. The van der Waals surface area contributed by atoms with Crippen LogP contribution in [0.25, 0.3) is 0 Å². The minimum Gasteiger partial charge on any atom is -0.442 e. The fourth-order valence-electron chi connectivity index (χ4n) is 2.84. The van der Waals surface area contributed by atoms with Gasteiger partial charge in [-0.05, 0) is 29.5 Å². The van der Waals surface area contributed by atoms with Gasteiger partial charge in [0.1, 0.15) is 11.9 Å². The number of anilines is 3. The SMILES string of the molecule is CC(=O)NCC1CN(c2ccc(N(C=N)CCNc3n[nH]c(=O)s3)c(F)c2)C(=O)O1. The van der Waals surface area contributed by atoms with Crippen LogP contribution in [0.5, 0.6) is 0 Å². The van der Waals surface area contributed by atoms with Gasteiger partial charge in [-0.1, -0.05) is 0 Å². The minimum atomic E-state index is -0.622. The molecule has 0 saturated carbocycles. The second-order valence-corrected chi connectivity index (χ2v) is 7.32. The van der Waals surface area contributed by atoms with Gasteiger partial charge in [0.05, 0.1) is 30.8 Å². The van der Waals surface area contributed by atoms with Crippen LogP contribution in [-0.4, -0.2) is 60.8 Å². The number of aromatic amines is 1. The fraction of sp³-hybridized carbons (Fsp3) is 0.353. The number of amides is 2. The van der Waals surface area contributed by atoms with Gasteiger partial charge in [-0.2, -0.15) is 0 Å². The first-order valence-corrected chi connectivity index (χ1v) is 9.77. The van der Waals surface area contributed by atoms with E-state index in [-0.39, 0.29) is 36.1 Å². The van der Waals surface area contributed by atoms with Crippen molar-refractivity contribution >= 4 is 46.2 Å². The molecular formula is C17H20FN7O4S. The van der Waals surface area contributed by atoms with Crippen LogP contribution in [0.4, 0.5) is 25.7 Å². The molecule has 160 valence electrons. The van der Waals surface area contributed by atoms with Gasteiger partial charge in [-0.15, -0.1) is 5.10 Å². The van der Waals surface area contributed by atoms with Crippen LogP contribution < -0.4 is 25.3 Å². The molecule has 0 radical (unpaired) electrons. The van der Waals surface area contributed by atoms with Crippen molar-refractivity contribution in [2.24, 2.45) is 0 Å². The van der Waals surface area contributed by atoms with Gasteiger partial charge in [0.15, 0.2) is 0 Å². The van der Waals surface area contributed by atoms with E-state index >= 15 is 0 Å². The number of hydrogen-bond acceptors (Lipinski definition) is 8. The Labute approximate surface area is 174 Å². The highest BCUT2D eigenvalue weighted by molar-refractivity contribution is 7.12. The maximum absolute atomic E-state index is 14.7. The van der Waals surface area contributed by atoms with Crippen LogP contribution in [-0.2, 0) is 9.53 Å². The van der Waals surface area contributed by atoms with Crippen LogP contribution in [0.3, 0.4) is 0 Å². The van der Waals surface area contributed by atoms with E-state index in [1.165, 1.54) is 28.9 Å². The lowest BCUT2D eigenvalue weighted by atomic mass is 10.2. The Morgan fingerprint density at radius 3 is 2.97 bits per heavy atom. The van der Waals surface area contributed by atoms with Crippen molar-refractivity contribution < 1.29 is 18.7 Å². The summed E-state index contributed by atoms with van der Waals surface area (Å²) in [5.74, 6) is -0.846. The zero-order valence-corrected chi connectivity index (χ0v) is 16.8. The first-order valence-electron chi connectivity index (χ1n) is 8.96. The standard InChI is InChI=1S/C17H20FN7O4S/c1-10(26)21-7-12-8-25(17(28)29-12)11-2-3-14(13(18)6-11)24(9-19)5-4-20-15-22-23-16(27)30-15/h2-3,6,9,12,19H,4-5,7-8H2,1H3,(H,20,22)(H,21,26)(H,23,27). The zero-order valence-electron chi connectivity index (χ0n) is 16.0. The Kier molecular flexibility index (Phi) is 6.61. The fourth-order valence-corrected chi connectivity index (χ4v) is 3.37. The van der Waals surface area contributed by atoms with Gasteiger partial charge in [0.25, 0.3) is 0 Å². The highest BCUT2D eigenvalue weighted by atomic mass is 32.1. The number of H-pyrrole nitrogens is 1. The highest BCUT2D eigenvalue weighted by Gasteiger charge is 2.32. The van der Waals surface area contributed by atoms with Crippen LogP contribution in [0.15, 0.2) is 23.0 Å². The molecule has 1 aliphatic heterocycles. The van der Waals surface area contributed by atoms with E-state index in [0.717, 1.165) is 17.7 Å². The van der Waals surface area contributed by atoms with Crippen LogP contribution in [0.1, 0.15) is 6.92 Å². The number of rotatable bonds is 9. The molecule has 1 aromatic heterocycles. The van der Waals surface area contributed by atoms with Crippen LogP contribution in [0.2, 0.25) is 0 Å². The summed E-state index contributed by atoms with van der Waals surface area (Å²) in [5, 5.41) is 19.5. The molecule has 2 aromatic rings. The minimum absolute atomic E-state index is 0.160. The highest BCUT2D eigenvalue weighted by Crippen LogP contribution is 2.27. The van der Waals surface area contributed by atoms with E-state index in [0.29, 0.717) is 17.4 Å². The number of cyclic esters (lactones) is 1. The predicted octanol–water partition coefficient (Wildman–Crippen LogP) is 0.957. The van der Waals surface area contributed by atoms with Crippen molar-refractivity contribution in [2.45, 2.75) is 13.0 Å². The van der Waals surface area contributed by atoms with E-state index in [9.17, 15) is 18.8 Å². The smallest absolute Gasteiger partial charge is 0.414 e. The monoisotopic (exact) mass is 437 g/mol. The summed E-state index contributed by atoms with van der Waals surface area (Å²) in [5.41, 5.74) is 0.476. The third-order valence-corrected chi connectivity index (χ3v) is 4.93. The lowest BCUT2D eigenvalue weighted by molar-refractivity contribution is -0.119. The molecule has 4 N–H and O–H groups in total. The molecule has 2 heterocycles. The summed E-state index contributed by atoms with van der Waals surface area (Å²) in [4.78, 5) is 36.5. The van der Waals surface area contributed by atoms with E-state index < -0.39 is 18.0 Å². The van der Waals surface area contributed by atoms with E-state index in [2.05, 4.69) is 20.8 Å². The largest absolute Gasteiger partial charge is 0.442 e. The predicted molar refractivity (Wildman–Crippen MR) is 110 cm³/mol. The number of halogens is 1. The molecule has 2 amide bonds. The first kappa shape index (κ1) is 21.2. The van der Waals surface area contributed by atoms with Gasteiger partial charge >= 0.3 is 11.0 Å². The number of benzene rings is 1. The Hall–Kier alpha value is -3.48. The summed E-state index contributed by atoms with van der Waals surface area (Å²) in [6.07, 6.45) is -0.157. The molecule has 0 bridgehead atoms. The maximum Gasteiger partial charge on any atom is 0.414 e. The Morgan fingerprint density at radius 1 is 1.53 bits per heavy atom. The van der Waals surface area contributed by atoms with Crippen molar-refractivity contribution in [3.63, 3.8) is 0 Å². The Balaban J connectivity index is 1.63. The number of ether oxygens (including phenoxy) is 1. The van der Waals surface area contributed by atoms with Crippen LogP contribution >= 0.6 is 11.3 Å². The van der Waals surface area contributed by atoms with Crippen molar-refractivity contribution in [3.05, 3.63) is 33.7 Å². The van der Waals surface area contributed by atoms with E-state index in [4.69, 9.17) is 10.1 Å². The van der Waals surface area contributed by atoms with Crippen molar-refractivity contribution in [1.29, 1.82) is 5.41 Å². The molecule has 11 nitrogen and oxygen atoms in total. The quantitative estimate of drug-likeness (QED) is 0.338. The van der Waals surface area contributed by atoms with Gasteiger partial charge in [0.2, 0.25) is 11.0 Å². The van der Waals surface area contributed by atoms with Crippen molar-refractivity contribution in [3.8, 4) is 0 Å². The van der Waals surface area contributed by atoms with Gasteiger partial charge < -0.3 is 20.3 Å². The molecule has 1 unspecified atom stereocenters. The van der Waals surface area contributed by atoms with Gasteiger partial charge in [0, 0.05) is 20.0 Å². The molecule has 13 heteroatoms. The molecule has 3 rings (SSSR count). The summed E-state index contributed by atoms with van der Waals surface area (Å²) in [6, 6.07) is 4.22. The molecular weight excluding hydrogens is 417 g/mol. The summed E-state index contributed by atoms with van der Waals surface area (Å²) < 4.78 is 19.9. The average Bonchev–Trinajstić information content (AvgIpc) is 3.29. The van der Waals surface area contributed by atoms with Crippen molar-refractivity contribution in [1.82, 2.24) is 15.5 Å². The van der Waals surface area contributed by atoms with Gasteiger partial charge in [-0.25, -0.2) is 14.3 Å². The molecule has 1 fully saturated rings. The molecule has 0 aliphatic carbocycles. The van der Waals surface area contributed by atoms with E-state index in [1.807, 2.05) is 0 Å². The summed E-state index contributed by atoms with van der Waals surface area (Å²) in [7, 11) is 0. The zero-order chi connectivity index (χ0) is 21.7. The molecule has 0 spiro atoms. The summed E-state index contributed by atoms with van der Waals surface area (Å²) in [6.45, 7) is 2.29. The van der Waals surface area contributed by atoms with Gasteiger partial charge in [-0.3, -0.25) is 19.9 Å². The van der Waals surface area contributed by atoms with Crippen LogP contribution in [0, 0.1) is 11.2 Å². The second-order valence-electron chi connectivity index (χ2n) is 6.36. The number of nitrogens with one attached hydrogen (secondary N) is 4. The second kappa shape index (κ2) is 9.35. The molecule has 1 atom stereocenters. The number of carbonyl (C=O) groups excluding carboxylic acids is 2. The molecule has 1 aromatic carbocycles. The number of carbonyl (C=O) groups is 2. The topological polar surface area (TPSA) is 144 Å².